The van der Waals surface area contributed by atoms with E-state index < -0.39 is 0 Å². The molecule has 0 atom stereocenters. The van der Waals surface area contributed by atoms with Crippen LogP contribution in [0.3, 0.4) is 0 Å². The van der Waals surface area contributed by atoms with Crippen LogP contribution in [-0.2, 0) is 11.2 Å². The SMILES string of the molecule is O=C(Cc1cccc(-n2ccnn2)c1)N1CCCC1. The van der Waals surface area contributed by atoms with E-state index >= 15 is 0 Å². The quantitative estimate of drug-likeness (QED) is 0.834. The highest BCUT2D eigenvalue weighted by Gasteiger charge is 2.17. The van der Waals surface area contributed by atoms with Crippen LogP contribution < -0.4 is 0 Å². The lowest BCUT2D eigenvalue weighted by Crippen LogP contribution is -2.29. The molecule has 1 fully saturated rings. The van der Waals surface area contributed by atoms with Crippen molar-refractivity contribution in [2.24, 2.45) is 0 Å². The molecule has 5 heteroatoms. The van der Waals surface area contributed by atoms with Gasteiger partial charge in [-0.25, -0.2) is 4.68 Å². The van der Waals surface area contributed by atoms with E-state index in [-0.39, 0.29) is 5.91 Å². The second-order valence-corrected chi connectivity index (χ2v) is 4.78. The summed E-state index contributed by atoms with van der Waals surface area (Å²) in [5.74, 6) is 0.216. The molecule has 5 nitrogen and oxygen atoms in total. The second-order valence-electron chi connectivity index (χ2n) is 4.78. The molecule has 1 saturated heterocycles. The van der Waals surface area contributed by atoms with Gasteiger partial charge in [-0.2, -0.15) is 0 Å². The smallest absolute Gasteiger partial charge is 0.226 e. The summed E-state index contributed by atoms with van der Waals surface area (Å²) in [6.45, 7) is 1.81. The van der Waals surface area contributed by atoms with Gasteiger partial charge in [0.2, 0.25) is 5.91 Å². The summed E-state index contributed by atoms with van der Waals surface area (Å²) in [7, 11) is 0. The molecule has 1 aromatic carbocycles. The van der Waals surface area contributed by atoms with Crippen LogP contribution in [0.5, 0.6) is 0 Å². The third kappa shape index (κ3) is 2.65. The standard InChI is InChI=1S/C14H16N4O/c19-14(17-7-1-2-8-17)11-12-4-3-5-13(10-12)18-9-6-15-16-18/h3-6,9-10H,1-2,7-8,11H2. The zero-order valence-corrected chi connectivity index (χ0v) is 10.7. The van der Waals surface area contributed by atoms with Crippen LogP contribution in [0.1, 0.15) is 18.4 Å². The van der Waals surface area contributed by atoms with Crippen molar-refractivity contribution < 1.29 is 4.79 Å². The van der Waals surface area contributed by atoms with Crippen LogP contribution in [-0.4, -0.2) is 38.9 Å². The Morgan fingerprint density at radius 1 is 1.26 bits per heavy atom. The second kappa shape index (κ2) is 5.22. The summed E-state index contributed by atoms with van der Waals surface area (Å²) >= 11 is 0. The molecule has 0 unspecified atom stereocenters. The van der Waals surface area contributed by atoms with E-state index in [1.807, 2.05) is 29.2 Å². The lowest BCUT2D eigenvalue weighted by Gasteiger charge is -2.15. The number of rotatable bonds is 3. The Kier molecular flexibility index (Phi) is 3.27. The van der Waals surface area contributed by atoms with Gasteiger partial charge in [-0.1, -0.05) is 17.3 Å². The number of amides is 1. The maximum absolute atomic E-state index is 12.1. The Morgan fingerprint density at radius 2 is 2.11 bits per heavy atom. The van der Waals surface area contributed by atoms with Gasteiger partial charge in [0.05, 0.1) is 24.5 Å². The summed E-state index contributed by atoms with van der Waals surface area (Å²) in [6, 6.07) is 7.87. The van der Waals surface area contributed by atoms with Gasteiger partial charge in [-0.15, -0.1) is 5.10 Å². The van der Waals surface area contributed by atoms with Crippen molar-refractivity contribution >= 4 is 5.91 Å². The molecule has 1 aromatic heterocycles. The topological polar surface area (TPSA) is 51.0 Å². The van der Waals surface area contributed by atoms with Gasteiger partial charge in [0.15, 0.2) is 0 Å². The van der Waals surface area contributed by atoms with Crippen LogP contribution in [0, 0.1) is 0 Å². The van der Waals surface area contributed by atoms with Crippen molar-refractivity contribution in [2.75, 3.05) is 13.1 Å². The van der Waals surface area contributed by atoms with Crippen molar-refractivity contribution in [1.82, 2.24) is 19.9 Å². The zero-order chi connectivity index (χ0) is 13.1. The molecule has 0 bridgehead atoms. The number of likely N-dealkylation sites (tertiary alicyclic amines) is 1. The predicted molar refractivity (Wildman–Crippen MR) is 70.9 cm³/mol. The maximum atomic E-state index is 12.1. The van der Waals surface area contributed by atoms with Gasteiger partial charge >= 0.3 is 0 Å². The molecule has 2 heterocycles. The third-order valence-electron chi connectivity index (χ3n) is 3.41. The summed E-state index contributed by atoms with van der Waals surface area (Å²) in [4.78, 5) is 14.1. The van der Waals surface area contributed by atoms with Gasteiger partial charge in [-0.3, -0.25) is 4.79 Å². The Bertz CT molecular complexity index is 559. The molecular formula is C14H16N4O. The van der Waals surface area contributed by atoms with Gasteiger partial charge in [0.25, 0.3) is 0 Å². The normalized spacial score (nSPS) is 14.8. The molecule has 1 aliphatic rings. The van der Waals surface area contributed by atoms with Gasteiger partial charge in [0.1, 0.15) is 0 Å². The fourth-order valence-corrected chi connectivity index (χ4v) is 2.41. The van der Waals surface area contributed by atoms with E-state index in [0.29, 0.717) is 6.42 Å². The van der Waals surface area contributed by atoms with E-state index in [0.717, 1.165) is 37.2 Å². The van der Waals surface area contributed by atoms with Gasteiger partial charge < -0.3 is 4.90 Å². The Morgan fingerprint density at radius 3 is 2.84 bits per heavy atom. The molecule has 2 aromatic rings. The fourth-order valence-electron chi connectivity index (χ4n) is 2.41. The van der Waals surface area contributed by atoms with Crippen molar-refractivity contribution in [3.05, 3.63) is 42.2 Å². The van der Waals surface area contributed by atoms with Crippen molar-refractivity contribution in [2.45, 2.75) is 19.3 Å². The Hall–Kier alpha value is -2.17. The number of carbonyl (C=O) groups excluding carboxylic acids is 1. The minimum absolute atomic E-state index is 0.216. The lowest BCUT2D eigenvalue weighted by atomic mass is 10.1. The van der Waals surface area contributed by atoms with Crippen LogP contribution >= 0.6 is 0 Å². The number of hydrogen-bond acceptors (Lipinski definition) is 3. The molecule has 0 N–H and O–H groups in total. The molecule has 0 spiro atoms. The van der Waals surface area contributed by atoms with E-state index in [1.165, 1.54) is 0 Å². The van der Waals surface area contributed by atoms with E-state index in [1.54, 1.807) is 17.1 Å². The number of hydrogen-bond donors (Lipinski definition) is 0. The van der Waals surface area contributed by atoms with Crippen LogP contribution in [0.15, 0.2) is 36.7 Å². The highest BCUT2D eigenvalue weighted by molar-refractivity contribution is 5.79. The first-order valence-electron chi connectivity index (χ1n) is 6.56. The minimum atomic E-state index is 0.216. The molecular weight excluding hydrogens is 240 g/mol. The molecule has 1 amide bonds. The van der Waals surface area contributed by atoms with Gasteiger partial charge in [0, 0.05) is 13.1 Å². The predicted octanol–water partition coefficient (Wildman–Crippen LogP) is 1.43. The first kappa shape index (κ1) is 11.9. The first-order chi connectivity index (χ1) is 9.33. The highest BCUT2D eigenvalue weighted by atomic mass is 16.2. The average Bonchev–Trinajstić information content (AvgIpc) is 3.13. The third-order valence-corrected chi connectivity index (χ3v) is 3.41. The average molecular weight is 256 g/mol. The molecule has 3 rings (SSSR count). The largest absolute Gasteiger partial charge is 0.342 e. The molecule has 0 radical (unpaired) electrons. The molecule has 19 heavy (non-hydrogen) atoms. The number of aromatic nitrogens is 3. The van der Waals surface area contributed by atoms with Crippen LogP contribution in [0.2, 0.25) is 0 Å². The van der Waals surface area contributed by atoms with E-state index in [2.05, 4.69) is 10.3 Å². The van der Waals surface area contributed by atoms with Crippen molar-refractivity contribution in [3.63, 3.8) is 0 Å². The molecule has 98 valence electrons. The van der Waals surface area contributed by atoms with Crippen LogP contribution in [0.25, 0.3) is 5.69 Å². The lowest BCUT2D eigenvalue weighted by molar-refractivity contribution is -0.129. The molecule has 1 aliphatic heterocycles. The number of nitrogens with zero attached hydrogens (tertiary/aromatic N) is 4. The summed E-state index contributed by atoms with van der Waals surface area (Å²) in [5, 5.41) is 7.75. The summed E-state index contributed by atoms with van der Waals surface area (Å²) in [5.41, 5.74) is 1.95. The minimum Gasteiger partial charge on any atom is -0.342 e. The monoisotopic (exact) mass is 256 g/mol. The first-order valence-corrected chi connectivity index (χ1v) is 6.56. The summed E-state index contributed by atoms with van der Waals surface area (Å²) in [6.07, 6.45) is 6.15. The Labute approximate surface area is 111 Å². The Balaban J connectivity index is 1.74. The van der Waals surface area contributed by atoms with Crippen LogP contribution in [0.4, 0.5) is 0 Å². The van der Waals surface area contributed by atoms with Crippen molar-refractivity contribution in [1.29, 1.82) is 0 Å². The highest BCUT2D eigenvalue weighted by Crippen LogP contribution is 2.13. The van der Waals surface area contributed by atoms with Crippen molar-refractivity contribution in [3.8, 4) is 5.69 Å². The molecule has 0 aliphatic carbocycles. The van der Waals surface area contributed by atoms with Gasteiger partial charge in [-0.05, 0) is 30.5 Å². The van der Waals surface area contributed by atoms with E-state index in [4.69, 9.17) is 0 Å². The fraction of sp³-hybridized carbons (Fsp3) is 0.357. The molecule has 0 saturated carbocycles. The van der Waals surface area contributed by atoms with E-state index in [9.17, 15) is 4.79 Å². The number of benzene rings is 1. The maximum Gasteiger partial charge on any atom is 0.226 e. The number of carbonyl (C=O) groups is 1. The zero-order valence-electron chi connectivity index (χ0n) is 10.7. The summed E-state index contributed by atoms with van der Waals surface area (Å²) < 4.78 is 1.70.